The van der Waals surface area contributed by atoms with E-state index in [2.05, 4.69) is 51.8 Å². The summed E-state index contributed by atoms with van der Waals surface area (Å²) in [4.78, 5) is 4.67. The quantitative estimate of drug-likeness (QED) is 0.595. The predicted octanol–water partition coefficient (Wildman–Crippen LogP) is 5.63. The van der Waals surface area contributed by atoms with Crippen LogP contribution in [-0.4, -0.2) is 5.71 Å². The zero-order valence-corrected chi connectivity index (χ0v) is 12.8. The minimum Gasteiger partial charge on any atom is -0.253 e. The van der Waals surface area contributed by atoms with E-state index in [9.17, 15) is 0 Å². The predicted molar refractivity (Wildman–Crippen MR) is 90.5 cm³/mol. The Bertz CT molecular complexity index is 754. The minimum atomic E-state index is 0.968. The summed E-state index contributed by atoms with van der Waals surface area (Å²) in [7, 11) is 0. The Kier molecular flexibility index (Phi) is 3.41. The minimum absolute atomic E-state index is 0.968. The summed E-state index contributed by atoms with van der Waals surface area (Å²) in [6, 6.07) is 14.4. The third-order valence-corrected chi connectivity index (χ3v) is 3.86. The normalized spacial score (nSPS) is 17.9. The van der Waals surface area contributed by atoms with Gasteiger partial charge in [0.05, 0.1) is 5.69 Å². The second kappa shape index (κ2) is 5.22. The van der Waals surface area contributed by atoms with E-state index in [0.29, 0.717) is 0 Å². The molecule has 1 heterocycles. The van der Waals surface area contributed by atoms with Gasteiger partial charge in [0.1, 0.15) is 0 Å². The molecule has 20 heavy (non-hydrogen) atoms. The van der Waals surface area contributed by atoms with E-state index in [1.807, 2.05) is 37.3 Å². The lowest BCUT2D eigenvalue weighted by Gasteiger charge is -2.12. The van der Waals surface area contributed by atoms with E-state index in [-0.39, 0.29) is 0 Å². The van der Waals surface area contributed by atoms with Crippen LogP contribution in [0.2, 0.25) is 0 Å². The van der Waals surface area contributed by atoms with Crippen molar-refractivity contribution in [3.8, 4) is 0 Å². The lowest BCUT2D eigenvalue weighted by Crippen LogP contribution is -1.90. The molecule has 0 N–H and O–H groups in total. The van der Waals surface area contributed by atoms with Crippen molar-refractivity contribution in [1.82, 2.24) is 0 Å². The zero-order chi connectivity index (χ0) is 14.1. The Labute approximate surface area is 127 Å². The number of hydrogen-bond donors (Lipinski definition) is 0. The summed E-state index contributed by atoms with van der Waals surface area (Å²) in [5.41, 5.74) is 6.33. The fourth-order valence-corrected chi connectivity index (χ4v) is 2.73. The van der Waals surface area contributed by atoms with Crippen LogP contribution < -0.4 is 0 Å². The number of benzene rings is 2. The van der Waals surface area contributed by atoms with Gasteiger partial charge in [-0.25, -0.2) is 0 Å². The van der Waals surface area contributed by atoms with Gasteiger partial charge in [-0.2, -0.15) is 0 Å². The maximum Gasteiger partial charge on any atom is 0.0711 e. The molecule has 2 aromatic carbocycles. The Balaban J connectivity index is 2.30. The molecule has 0 saturated carbocycles. The van der Waals surface area contributed by atoms with Gasteiger partial charge < -0.3 is 0 Å². The highest BCUT2D eigenvalue weighted by molar-refractivity contribution is 9.10. The molecule has 2 heteroatoms. The van der Waals surface area contributed by atoms with Crippen LogP contribution in [0.15, 0.2) is 64.6 Å². The summed E-state index contributed by atoms with van der Waals surface area (Å²) >= 11 is 3.53. The average Bonchev–Trinajstić information content (AvgIpc) is 2.49. The summed E-state index contributed by atoms with van der Waals surface area (Å²) in [5, 5.41) is 0. The SMILES string of the molecule is C=C1c2ccc(Br)cc2/C=C\C(C)=N\c2ccccc21. The molecule has 0 saturated heterocycles. The molecule has 0 aromatic heterocycles. The number of para-hydroxylation sites is 1. The van der Waals surface area contributed by atoms with E-state index >= 15 is 0 Å². The molecule has 0 fully saturated rings. The molecule has 2 aromatic rings. The number of hydrogen-bond acceptors (Lipinski definition) is 1. The molecule has 1 aliphatic rings. The topological polar surface area (TPSA) is 12.4 Å². The van der Waals surface area contributed by atoms with E-state index in [0.717, 1.165) is 38.1 Å². The van der Waals surface area contributed by atoms with Crippen molar-refractivity contribution >= 4 is 39.0 Å². The molecule has 1 aliphatic heterocycles. The van der Waals surface area contributed by atoms with E-state index in [1.165, 1.54) is 0 Å². The van der Waals surface area contributed by atoms with Crippen molar-refractivity contribution in [2.45, 2.75) is 6.92 Å². The number of rotatable bonds is 0. The highest BCUT2D eigenvalue weighted by Crippen LogP contribution is 2.34. The molecule has 0 bridgehead atoms. The molecule has 3 rings (SSSR count). The summed E-state index contributed by atoms with van der Waals surface area (Å²) in [5.74, 6) is 0. The third kappa shape index (κ3) is 2.39. The number of aliphatic imine (C=N–C) groups is 1. The van der Waals surface area contributed by atoms with Gasteiger partial charge >= 0.3 is 0 Å². The largest absolute Gasteiger partial charge is 0.253 e. The van der Waals surface area contributed by atoms with Crippen LogP contribution in [0.25, 0.3) is 11.6 Å². The number of allylic oxidation sites excluding steroid dienone is 1. The molecule has 0 amide bonds. The molecule has 0 radical (unpaired) electrons. The Morgan fingerprint density at radius 3 is 2.65 bits per heavy atom. The highest BCUT2D eigenvalue weighted by Gasteiger charge is 2.12. The summed E-state index contributed by atoms with van der Waals surface area (Å²) < 4.78 is 1.07. The molecule has 1 nitrogen and oxygen atoms in total. The van der Waals surface area contributed by atoms with Crippen molar-refractivity contribution in [3.63, 3.8) is 0 Å². The van der Waals surface area contributed by atoms with E-state index in [1.54, 1.807) is 0 Å². The van der Waals surface area contributed by atoms with Crippen LogP contribution in [0.5, 0.6) is 0 Å². The van der Waals surface area contributed by atoms with Gasteiger partial charge in [0.15, 0.2) is 0 Å². The number of nitrogens with zero attached hydrogens (tertiary/aromatic N) is 1. The first-order valence-corrected chi connectivity index (χ1v) is 7.26. The molecule has 98 valence electrons. The van der Waals surface area contributed by atoms with Crippen molar-refractivity contribution in [2.75, 3.05) is 0 Å². The van der Waals surface area contributed by atoms with Crippen LogP contribution in [0, 0.1) is 0 Å². The number of fused-ring (bicyclic) bond motifs is 2. The molecule has 0 atom stereocenters. The maximum absolute atomic E-state index is 4.67. The van der Waals surface area contributed by atoms with Crippen molar-refractivity contribution in [2.24, 2.45) is 4.99 Å². The zero-order valence-electron chi connectivity index (χ0n) is 11.2. The smallest absolute Gasteiger partial charge is 0.0711 e. The van der Waals surface area contributed by atoms with Gasteiger partial charge in [0.25, 0.3) is 0 Å². The first kappa shape index (κ1) is 13.1. The van der Waals surface area contributed by atoms with Crippen LogP contribution in [0.1, 0.15) is 23.6 Å². The second-order valence-corrected chi connectivity index (χ2v) is 5.73. The van der Waals surface area contributed by atoms with Crippen LogP contribution in [0.4, 0.5) is 5.69 Å². The Hall–Kier alpha value is -1.93. The lowest BCUT2D eigenvalue weighted by molar-refractivity contribution is 1.46. The molecule has 0 aliphatic carbocycles. The van der Waals surface area contributed by atoms with Crippen LogP contribution in [0.3, 0.4) is 0 Å². The first-order valence-electron chi connectivity index (χ1n) is 6.47. The van der Waals surface area contributed by atoms with Crippen molar-refractivity contribution in [1.29, 1.82) is 0 Å². The standard InChI is InChI=1S/C18H14BrN/c1-12-7-8-14-11-15(19)9-10-16(14)13(2)17-5-3-4-6-18(17)20-12/h3-11H,2H2,1H3/b8-7-,20-12+. The average molecular weight is 324 g/mol. The third-order valence-electron chi connectivity index (χ3n) is 3.37. The number of halogens is 1. The van der Waals surface area contributed by atoms with Crippen molar-refractivity contribution < 1.29 is 0 Å². The van der Waals surface area contributed by atoms with Crippen molar-refractivity contribution in [3.05, 3.63) is 76.3 Å². The van der Waals surface area contributed by atoms with Gasteiger partial charge in [-0.3, -0.25) is 4.99 Å². The van der Waals surface area contributed by atoms with Crippen LogP contribution in [-0.2, 0) is 0 Å². The highest BCUT2D eigenvalue weighted by atomic mass is 79.9. The first-order chi connectivity index (χ1) is 9.65. The van der Waals surface area contributed by atoms with Gasteiger partial charge in [-0.15, -0.1) is 0 Å². The Morgan fingerprint density at radius 1 is 1.00 bits per heavy atom. The Morgan fingerprint density at radius 2 is 1.80 bits per heavy atom. The van der Waals surface area contributed by atoms with E-state index < -0.39 is 0 Å². The molecular weight excluding hydrogens is 310 g/mol. The lowest BCUT2D eigenvalue weighted by atomic mass is 9.94. The van der Waals surface area contributed by atoms with Gasteiger partial charge in [-0.1, -0.05) is 52.9 Å². The van der Waals surface area contributed by atoms with E-state index in [4.69, 9.17) is 0 Å². The molecule has 0 spiro atoms. The van der Waals surface area contributed by atoms with Crippen LogP contribution >= 0.6 is 15.9 Å². The monoisotopic (exact) mass is 323 g/mol. The summed E-state index contributed by atoms with van der Waals surface area (Å²) in [6.07, 6.45) is 4.14. The van der Waals surface area contributed by atoms with Gasteiger partial charge in [0.2, 0.25) is 0 Å². The fourth-order valence-electron chi connectivity index (χ4n) is 2.36. The molecule has 0 unspecified atom stereocenters. The van der Waals surface area contributed by atoms with Gasteiger partial charge in [0, 0.05) is 15.7 Å². The van der Waals surface area contributed by atoms with Gasteiger partial charge in [-0.05, 0) is 47.9 Å². The second-order valence-electron chi connectivity index (χ2n) is 4.81. The summed E-state index contributed by atoms with van der Waals surface area (Å²) in [6.45, 7) is 6.29. The maximum atomic E-state index is 4.67. The fraction of sp³-hybridized carbons (Fsp3) is 0.0556. The molecular formula is C18H14BrN.